The predicted octanol–water partition coefficient (Wildman–Crippen LogP) is 2.45. The molecule has 0 atom stereocenters. The van der Waals surface area contributed by atoms with Crippen molar-refractivity contribution in [3.63, 3.8) is 0 Å². The monoisotopic (exact) mass is 315 g/mol. The SMILES string of the molecule is O=C(NCc1coc(-c2ccccc2)n1)NCC1(O)CCCC1. The maximum absolute atomic E-state index is 11.8. The third kappa shape index (κ3) is 4.10. The first-order valence-electron chi connectivity index (χ1n) is 7.89. The van der Waals surface area contributed by atoms with Crippen LogP contribution in [0.25, 0.3) is 11.5 Å². The number of aliphatic hydroxyl groups is 1. The van der Waals surface area contributed by atoms with E-state index in [1.807, 2.05) is 30.3 Å². The molecule has 6 heteroatoms. The third-order valence-corrected chi connectivity index (χ3v) is 4.11. The van der Waals surface area contributed by atoms with Crippen LogP contribution in [0.3, 0.4) is 0 Å². The lowest BCUT2D eigenvalue weighted by molar-refractivity contribution is 0.0501. The van der Waals surface area contributed by atoms with Gasteiger partial charge < -0.3 is 20.2 Å². The second-order valence-corrected chi connectivity index (χ2v) is 5.98. The van der Waals surface area contributed by atoms with Gasteiger partial charge in [-0.25, -0.2) is 9.78 Å². The van der Waals surface area contributed by atoms with Crippen LogP contribution in [0.4, 0.5) is 4.79 Å². The highest BCUT2D eigenvalue weighted by atomic mass is 16.3. The van der Waals surface area contributed by atoms with Gasteiger partial charge in [-0.1, -0.05) is 31.0 Å². The molecule has 1 saturated carbocycles. The van der Waals surface area contributed by atoms with E-state index in [-0.39, 0.29) is 19.1 Å². The number of rotatable bonds is 5. The molecule has 1 aliphatic rings. The molecular weight excluding hydrogens is 294 g/mol. The molecule has 0 aliphatic heterocycles. The summed E-state index contributed by atoms with van der Waals surface area (Å²) in [4.78, 5) is 16.1. The highest BCUT2D eigenvalue weighted by molar-refractivity contribution is 5.73. The molecule has 0 radical (unpaired) electrons. The first-order valence-corrected chi connectivity index (χ1v) is 7.89. The number of aromatic nitrogens is 1. The van der Waals surface area contributed by atoms with Crippen LogP contribution in [0.1, 0.15) is 31.4 Å². The van der Waals surface area contributed by atoms with E-state index in [1.54, 1.807) is 0 Å². The Morgan fingerprint density at radius 2 is 1.96 bits per heavy atom. The number of benzene rings is 1. The molecule has 1 aliphatic carbocycles. The number of urea groups is 1. The highest BCUT2D eigenvalue weighted by Crippen LogP contribution is 2.28. The standard InChI is InChI=1S/C17H21N3O3/c21-16(19-12-17(22)8-4-5-9-17)18-10-14-11-23-15(20-14)13-6-2-1-3-7-13/h1-3,6-7,11,22H,4-5,8-10,12H2,(H2,18,19,21). The predicted molar refractivity (Wildman–Crippen MR) is 85.6 cm³/mol. The summed E-state index contributed by atoms with van der Waals surface area (Å²) in [7, 11) is 0. The number of hydrogen-bond acceptors (Lipinski definition) is 4. The van der Waals surface area contributed by atoms with Crippen molar-refractivity contribution in [3.05, 3.63) is 42.3 Å². The summed E-state index contributed by atoms with van der Waals surface area (Å²) in [6.07, 6.45) is 5.06. The number of oxazole rings is 1. The van der Waals surface area contributed by atoms with Crippen LogP contribution in [-0.4, -0.2) is 28.3 Å². The number of nitrogens with zero attached hydrogens (tertiary/aromatic N) is 1. The summed E-state index contributed by atoms with van der Waals surface area (Å²) in [6.45, 7) is 0.563. The summed E-state index contributed by atoms with van der Waals surface area (Å²) < 4.78 is 5.42. The van der Waals surface area contributed by atoms with Gasteiger partial charge >= 0.3 is 6.03 Å². The second-order valence-electron chi connectivity index (χ2n) is 5.98. The minimum atomic E-state index is -0.744. The van der Waals surface area contributed by atoms with E-state index in [1.165, 1.54) is 6.26 Å². The van der Waals surface area contributed by atoms with Crippen LogP contribution in [0.15, 0.2) is 41.0 Å². The van der Waals surface area contributed by atoms with Crippen LogP contribution in [0.5, 0.6) is 0 Å². The molecule has 1 fully saturated rings. The summed E-state index contributed by atoms with van der Waals surface area (Å²) >= 11 is 0. The Kier molecular flexibility index (Phi) is 4.62. The Hall–Kier alpha value is -2.34. The lowest BCUT2D eigenvalue weighted by Crippen LogP contribution is -2.44. The fraction of sp³-hybridized carbons (Fsp3) is 0.412. The molecule has 2 amide bonds. The number of carbonyl (C=O) groups is 1. The van der Waals surface area contributed by atoms with Gasteiger partial charge in [-0.05, 0) is 25.0 Å². The van der Waals surface area contributed by atoms with Crippen LogP contribution < -0.4 is 10.6 Å². The summed E-state index contributed by atoms with van der Waals surface area (Å²) in [5, 5.41) is 15.6. The Balaban J connectivity index is 1.47. The van der Waals surface area contributed by atoms with Gasteiger partial charge in [0.15, 0.2) is 0 Å². The molecule has 0 bridgehead atoms. The normalized spacial score (nSPS) is 16.2. The lowest BCUT2D eigenvalue weighted by atomic mass is 10.0. The molecule has 1 aromatic carbocycles. The van der Waals surface area contributed by atoms with Crippen LogP contribution >= 0.6 is 0 Å². The number of hydrogen-bond donors (Lipinski definition) is 3. The van der Waals surface area contributed by atoms with Crippen molar-refractivity contribution in [2.24, 2.45) is 0 Å². The molecule has 0 unspecified atom stereocenters. The van der Waals surface area contributed by atoms with Crippen LogP contribution in [0, 0.1) is 0 Å². The maximum atomic E-state index is 11.8. The quantitative estimate of drug-likeness (QED) is 0.791. The molecule has 3 rings (SSSR count). The van der Waals surface area contributed by atoms with Gasteiger partial charge in [0.05, 0.1) is 17.8 Å². The number of nitrogens with one attached hydrogen (secondary N) is 2. The van der Waals surface area contributed by atoms with Crippen LogP contribution in [0.2, 0.25) is 0 Å². The van der Waals surface area contributed by atoms with Crippen molar-refractivity contribution in [2.45, 2.75) is 37.8 Å². The zero-order valence-electron chi connectivity index (χ0n) is 12.9. The van der Waals surface area contributed by atoms with E-state index in [0.717, 1.165) is 31.2 Å². The van der Waals surface area contributed by atoms with E-state index in [9.17, 15) is 9.90 Å². The Labute approximate surface area is 134 Å². The molecule has 122 valence electrons. The molecule has 23 heavy (non-hydrogen) atoms. The smallest absolute Gasteiger partial charge is 0.315 e. The van der Waals surface area contributed by atoms with Crippen molar-refractivity contribution in [2.75, 3.05) is 6.54 Å². The molecular formula is C17H21N3O3. The second kappa shape index (κ2) is 6.83. The Bertz CT molecular complexity index is 648. The summed E-state index contributed by atoms with van der Waals surface area (Å²) in [5.74, 6) is 0.531. The van der Waals surface area contributed by atoms with Crippen molar-refractivity contribution in [3.8, 4) is 11.5 Å². The van der Waals surface area contributed by atoms with E-state index in [4.69, 9.17) is 4.42 Å². The highest BCUT2D eigenvalue weighted by Gasteiger charge is 2.31. The van der Waals surface area contributed by atoms with E-state index >= 15 is 0 Å². The van der Waals surface area contributed by atoms with Crippen molar-refractivity contribution < 1.29 is 14.3 Å². The van der Waals surface area contributed by atoms with E-state index in [2.05, 4.69) is 15.6 Å². The van der Waals surface area contributed by atoms with E-state index < -0.39 is 5.60 Å². The van der Waals surface area contributed by atoms with E-state index in [0.29, 0.717) is 11.6 Å². The largest absolute Gasteiger partial charge is 0.444 e. The molecule has 3 N–H and O–H groups in total. The fourth-order valence-electron chi connectivity index (χ4n) is 2.79. The van der Waals surface area contributed by atoms with Gasteiger partial charge in [-0.15, -0.1) is 0 Å². The minimum absolute atomic E-state index is 0.278. The number of amides is 2. The lowest BCUT2D eigenvalue weighted by Gasteiger charge is -2.22. The number of carbonyl (C=O) groups excluding carboxylic acids is 1. The Morgan fingerprint density at radius 3 is 2.70 bits per heavy atom. The first kappa shape index (κ1) is 15.6. The zero-order valence-corrected chi connectivity index (χ0v) is 12.9. The van der Waals surface area contributed by atoms with Crippen molar-refractivity contribution in [1.82, 2.24) is 15.6 Å². The van der Waals surface area contributed by atoms with Crippen LogP contribution in [-0.2, 0) is 6.54 Å². The van der Waals surface area contributed by atoms with Gasteiger partial charge in [0.1, 0.15) is 6.26 Å². The maximum Gasteiger partial charge on any atom is 0.315 e. The van der Waals surface area contributed by atoms with Crippen molar-refractivity contribution in [1.29, 1.82) is 0 Å². The molecule has 1 aromatic heterocycles. The molecule has 2 aromatic rings. The zero-order chi connectivity index (χ0) is 16.1. The fourth-order valence-corrected chi connectivity index (χ4v) is 2.79. The molecule has 0 saturated heterocycles. The summed E-state index contributed by atoms with van der Waals surface area (Å²) in [6, 6.07) is 9.28. The topological polar surface area (TPSA) is 87.4 Å². The molecule has 1 heterocycles. The van der Waals surface area contributed by atoms with Gasteiger partial charge in [-0.3, -0.25) is 0 Å². The minimum Gasteiger partial charge on any atom is -0.444 e. The van der Waals surface area contributed by atoms with Gasteiger partial charge in [0.2, 0.25) is 5.89 Å². The van der Waals surface area contributed by atoms with Gasteiger partial charge in [0.25, 0.3) is 0 Å². The van der Waals surface area contributed by atoms with Gasteiger partial charge in [0, 0.05) is 12.1 Å². The average Bonchev–Trinajstić information content (AvgIpc) is 3.22. The average molecular weight is 315 g/mol. The Morgan fingerprint density at radius 1 is 1.22 bits per heavy atom. The molecule has 6 nitrogen and oxygen atoms in total. The third-order valence-electron chi connectivity index (χ3n) is 4.11. The summed E-state index contributed by atoms with van der Waals surface area (Å²) in [5.41, 5.74) is 0.802. The van der Waals surface area contributed by atoms with Gasteiger partial charge in [-0.2, -0.15) is 0 Å². The van der Waals surface area contributed by atoms with Crippen molar-refractivity contribution >= 4 is 6.03 Å². The first-order chi connectivity index (χ1) is 11.1. The molecule has 0 spiro atoms.